The fourth-order valence-corrected chi connectivity index (χ4v) is 4.02. The third-order valence-electron chi connectivity index (χ3n) is 4.97. The highest BCUT2D eigenvalue weighted by Crippen LogP contribution is 2.34. The smallest absolute Gasteiger partial charge is 0.103 e. The maximum Gasteiger partial charge on any atom is 0.103 e. The quantitative estimate of drug-likeness (QED) is 0.808. The van der Waals surface area contributed by atoms with Crippen LogP contribution in [-0.2, 0) is 0 Å². The van der Waals surface area contributed by atoms with E-state index < -0.39 is 0 Å². The van der Waals surface area contributed by atoms with Gasteiger partial charge in [0.2, 0.25) is 0 Å². The van der Waals surface area contributed by atoms with Crippen LogP contribution >= 0.6 is 0 Å². The van der Waals surface area contributed by atoms with Gasteiger partial charge in [-0.15, -0.1) is 0 Å². The number of hydrogen-bond acceptors (Lipinski definition) is 3. The lowest BCUT2D eigenvalue weighted by Gasteiger charge is -2.38. The molecular formula is C18H27N3. The van der Waals surface area contributed by atoms with Gasteiger partial charge >= 0.3 is 0 Å². The third-order valence-corrected chi connectivity index (χ3v) is 4.97. The predicted molar refractivity (Wildman–Crippen MR) is 88.2 cm³/mol. The van der Waals surface area contributed by atoms with Gasteiger partial charge in [0.25, 0.3) is 0 Å². The van der Waals surface area contributed by atoms with Crippen LogP contribution in [-0.4, -0.2) is 22.1 Å². The van der Waals surface area contributed by atoms with Crippen LogP contribution < -0.4 is 4.90 Å². The Hall–Kier alpha value is -1.51. The first-order valence-electron chi connectivity index (χ1n) is 8.27. The fourth-order valence-electron chi connectivity index (χ4n) is 4.02. The molecule has 21 heavy (non-hydrogen) atoms. The Morgan fingerprint density at radius 1 is 1.05 bits per heavy atom. The Morgan fingerprint density at radius 2 is 1.76 bits per heavy atom. The van der Waals surface area contributed by atoms with Crippen molar-refractivity contribution in [3.05, 3.63) is 35.4 Å². The van der Waals surface area contributed by atoms with Crippen molar-refractivity contribution in [1.29, 1.82) is 0 Å². The molecule has 1 saturated carbocycles. The highest BCUT2D eigenvalue weighted by Gasteiger charge is 2.31. The van der Waals surface area contributed by atoms with Gasteiger partial charge < -0.3 is 9.80 Å². The van der Waals surface area contributed by atoms with Crippen LogP contribution in [0.25, 0.3) is 0 Å². The van der Waals surface area contributed by atoms with Gasteiger partial charge in [-0.2, -0.15) is 0 Å². The summed E-state index contributed by atoms with van der Waals surface area (Å²) in [5.41, 5.74) is 4.84. The molecule has 0 saturated heterocycles. The van der Waals surface area contributed by atoms with Crippen LogP contribution in [0, 0.1) is 20.8 Å². The Labute approximate surface area is 128 Å². The summed E-state index contributed by atoms with van der Waals surface area (Å²) in [4.78, 5) is 9.60. The van der Waals surface area contributed by atoms with E-state index in [0.29, 0.717) is 12.2 Å². The molecule has 0 unspecified atom stereocenters. The largest absolute Gasteiger partial charge is 0.353 e. The number of nitrogens with zero attached hydrogens (tertiary/aromatic N) is 3. The molecular weight excluding hydrogens is 258 g/mol. The fraction of sp³-hybridized carbons (Fsp3) is 0.611. The molecule has 0 N–H and O–H groups in total. The van der Waals surface area contributed by atoms with Gasteiger partial charge in [-0.3, -0.25) is 4.98 Å². The maximum atomic E-state index is 4.66. The molecule has 3 heteroatoms. The molecule has 0 bridgehead atoms. The zero-order valence-corrected chi connectivity index (χ0v) is 13.8. The van der Waals surface area contributed by atoms with Crippen LogP contribution in [0.5, 0.6) is 0 Å². The SMILES string of the molecule is Cc1cc(C)c(N2C=CN(C3CCCCC3)[C@H]2C)c(C)n1. The summed E-state index contributed by atoms with van der Waals surface area (Å²) < 4.78 is 0. The van der Waals surface area contributed by atoms with Crippen LogP contribution in [0.4, 0.5) is 5.69 Å². The van der Waals surface area contributed by atoms with E-state index in [9.17, 15) is 0 Å². The second-order valence-electron chi connectivity index (χ2n) is 6.59. The van der Waals surface area contributed by atoms with Crippen molar-refractivity contribution in [2.75, 3.05) is 4.90 Å². The molecule has 3 rings (SSSR count). The van der Waals surface area contributed by atoms with Gasteiger partial charge in [0.15, 0.2) is 0 Å². The highest BCUT2D eigenvalue weighted by atomic mass is 15.4. The molecule has 0 spiro atoms. The lowest BCUT2D eigenvalue weighted by atomic mass is 9.94. The first kappa shape index (κ1) is 14.4. The van der Waals surface area contributed by atoms with Crippen molar-refractivity contribution in [2.45, 2.75) is 72.0 Å². The Kier molecular flexibility index (Phi) is 3.92. The molecule has 0 amide bonds. The first-order chi connectivity index (χ1) is 10.1. The molecule has 114 valence electrons. The Balaban J connectivity index is 1.84. The van der Waals surface area contributed by atoms with E-state index in [4.69, 9.17) is 0 Å². The number of aryl methyl sites for hydroxylation is 3. The minimum absolute atomic E-state index is 0.398. The van der Waals surface area contributed by atoms with Crippen LogP contribution in [0.3, 0.4) is 0 Å². The summed E-state index contributed by atoms with van der Waals surface area (Å²) in [5, 5.41) is 0. The summed E-state index contributed by atoms with van der Waals surface area (Å²) in [6, 6.07) is 2.90. The van der Waals surface area contributed by atoms with E-state index in [0.717, 1.165) is 11.4 Å². The molecule has 0 radical (unpaired) electrons. The molecule has 1 aromatic heterocycles. The summed E-state index contributed by atoms with van der Waals surface area (Å²) >= 11 is 0. The summed E-state index contributed by atoms with van der Waals surface area (Å²) in [6.45, 7) is 8.70. The Morgan fingerprint density at radius 3 is 2.43 bits per heavy atom. The van der Waals surface area contributed by atoms with Crippen LogP contribution in [0.2, 0.25) is 0 Å². The van der Waals surface area contributed by atoms with Crippen molar-refractivity contribution < 1.29 is 0 Å². The number of anilines is 1. The number of aromatic nitrogens is 1. The normalized spacial score (nSPS) is 23.1. The lowest BCUT2D eigenvalue weighted by molar-refractivity contribution is 0.187. The Bertz CT molecular complexity index is 520. The van der Waals surface area contributed by atoms with Gasteiger partial charge in [0.05, 0.1) is 11.4 Å². The van der Waals surface area contributed by atoms with Crippen molar-refractivity contribution in [3.63, 3.8) is 0 Å². The molecule has 1 aliphatic carbocycles. The topological polar surface area (TPSA) is 19.4 Å². The molecule has 1 aliphatic heterocycles. The monoisotopic (exact) mass is 285 g/mol. The van der Waals surface area contributed by atoms with Crippen molar-refractivity contribution in [1.82, 2.24) is 9.88 Å². The van der Waals surface area contributed by atoms with Gasteiger partial charge in [0.1, 0.15) is 6.17 Å². The lowest BCUT2D eigenvalue weighted by Crippen LogP contribution is -2.43. The van der Waals surface area contributed by atoms with Crippen LogP contribution in [0.1, 0.15) is 56.0 Å². The summed E-state index contributed by atoms with van der Waals surface area (Å²) in [6.07, 6.45) is 11.8. The van der Waals surface area contributed by atoms with E-state index in [1.807, 2.05) is 0 Å². The predicted octanol–water partition coefficient (Wildman–Crippen LogP) is 4.28. The minimum Gasteiger partial charge on any atom is -0.353 e. The van der Waals surface area contributed by atoms with E-state index >= 15 is 0 Å². The zero-order chi connectivity index (χ0) is 15.0. The highest BCUT2D eigenvalue weighted by molar-refractivity contribution is 5.60. The molecule has 2 aliphatic rings. The third kappa shape index (κ3) is 2.66. The number of hydrogen-bond donors (Lipinski definition) is 0. The molecule has 1 atom stereocenters. The van der Waals surface area contributed by atoms with Crippen molar-refractivity contribution in [3.8, 4) is 0 Å². The summed E-state index contributed by atoms with van der Waals surface area (Å²) in [5.74, 6) is 0. The van der Waals surface area contributed by atoms with E-state index in [1.54, 1.807) is 0 Å². The van der Waals surface area contributed by atoms with E-state index in [-0.39, 0.29) is 0 Å². The number of pyridine rings is 1. The van der Waals surface area contributed by atoms with Crippen LogP contribution in [0.15, 0.2) is 18.5 Å². The van der Waals surface area contributed by atoms with Gasteiger partial charge in [-0.1, -0.05) is 19.3 Å². The van der Waals surface area contributed by atoms with E-state index in [1.165, 1.54) is 43.4 Å². The zero-order valence-electron chi connectivity index (χ0n) is 13.8. The second-order valence-corrected chi connectivity index (χ2v) is 6.59. The second kappa shape index (κ2) is 5.70. The maximum absolute atomic E-state index is 4.66. The molecule has 1 fully saturated rings. The van der Waals surface area contributed by atoms with Gasteiger partial charge in [-0.25, -0.2) is 0 Å². The molecule has 2 heterocycles. The average molecular weight is 285 g/mol. The number of rotatable bonds is 2. The van der Waals surface area contributed by atoms with Crippen molar-refractivity contribution in [2.24, 2.45) is 0 Å². The minimum atomic E-state index is 0.398. The van der Waals surface area contributed by atoms with Gasteiger partial charge in [-0.05, 0) is 52.2 Å². The molecule has 1 aromatic rings. The average Bonchev–Trinajstić information content (AvgIpc) is 2.81. The van der Waals surface area contributed by atoms with Gasteiger partial charge in [0, 0.05) is 24.1 Å². The van der Waals surface area contributed by atoms with E-state index in [2.05, 4.69) is 60.9 Å². The standard InChI is InChI=1S/C18H27N3/c1-13-12-14(2)19-15(3)18(13)21-11-10-20(16(21)4)17-8-6-5-7-9-17/h10-12,16-17H,5-9H2,1-4H3/t16-/m1/s1. The first-order valence-corrected chi connectivity index (χ1v) is 8.27. The van der Waals surface area contributed by atoms with Crippen molar-refractivity contribution >= 4 is 5.69 Å². The molecule has 0 aromatic carbocycles. The molecule has 3 nitrogen and oxygen atoms in total. The summed E-state index contributed by atoms with van der Waals surface area (Å²) in [7, 11) is 0.